The van der Waals surface area contributed by atoms with Crippen molar-refractivity contribution in [3.8, 4) is 11.5 Å². The van der Waals surface area contributed by atoms with E-state index in [1.165, 1.54) is 19.1 Å². The maximum absolute atomic E-state index is 13.8. The molecule has 0 saturated heterocycles. The minimum absolute atomic E-state index is 0.0237. The lowest BCUT2D eigenvalue weighted by Crippen LogP contribution is -2.52. The number of nitrogens with zero attached hydrogens (tertiary/aromatic N) is 2. The molecule has 1 saturated carbocycles. The van der Waals surface area contributed by atoms with E-state index in [0.717, 1.165) is 43.6 Å². The van der Waals surface area contributed by atoms with Crippen molar-refractivity contribution in [1.82, 2.24) is 9.69 Å². The van der Waals surface area contributed by atoms with Gasteiger partial charge in [0.25, 0.3) is 11.8 Å². The van der Waals surface area contributed by atoms with Crippen molar-refractivity contribution < 1.29 is 23.9 Å². The number of benzene rings is 1. The van der Waals surface area contributed by atoms with Gasteiger partial charge in [-0.05, 0) is 42.9 Å². The van der Waals surface area contributed by atoms with Gasteiger partial charge in [-0.15, -0.1) is 0 Å². The van der Waals surface area contributed by atoms with Gasteiger partial charge < -0.3 is 26.3 Å². The van der Waals surface area contributed by atoms with Crippen molar-refractivity contribution >= 4 is 40.6 Å². The van der Waals surface area contributed by atoms with Gasteiger partial charge in [-0.1, -0.05) is 26.2 Å². The van der Waals surface area contributed by atoms with Gasteiger partial charge in [0, 0.05) is 12.1 Å². The van der Waals surface area contributed by atoms with Crippen molar-refractivity contribution in [2.75, 3.05) is 24.9 Å². The van der Waals surface area contributed by atoms with Gasteiger partial charge in [-0.2, -0.15) is 4.37 Å². The fraction of sp³-hybridized carbons (Fsp3) is 0.478. The average molecular weight is 490 g/mol. The molecule has 0 spiro atoms. The number of carbonyl (C=O) groups excluding carboxylic acids is 3. The zero-order chi connectivity index (χ0) is 24.8. The third-order valence-electron chi connectivity index (χ3n) is 5.97. The maximum Gasteiger partial charge on any atom is 0.272 e. The molecule has 11 heteroatoms. The molecule has 3 amide bonds. The highest BCUT2D eigenvalue weighted by Crippen LogP contribution is 2.36. The van der Waals surface area contributed by atoms with Crippen molar-refractivity contribution in [2.24, 2.45) is 5.73 Å². The number of hydrogen-bond acceptors (Lipinski definition) is 8. The normalized spacial score (nSPS) is 14.8. The standard InChI is InChI=1S/C23H31N5O5S/c1-4-15(22(30)26-13-8-6-5-7-9-13)28(16-11-10-14(32-2)12-17(16)33-3)23(31)20-18(24)19(21(25)29)27-34-20/h10-13,15H,4-9,24H2,1-3H3,(H2,25,29)(H,26,30). The predicted octanol–water partition coefficient (Wildman–Crippen LogP) is 2.72. The van der Waals surface area contributed by atoms with Crippen LogP contribution in [0.2, 0.25) is 0 Å². The number of carbonyl (C=O) groups is 3. The smallest absolute Gasteiger partial charge is 0.272 e. The molecule has 1 aliphatic carbocycles. The van der Waals surface area contributed by atoms with Crippen LogP contribution in [0.25, 0.3) is 0 Å². The van der Waals surface area contributed by atoms with Crippen molar-refractivity contribution in [3.05, 3.63) is 28.8 Å². The number of amides is 3. The number of primary amides is 1. The molecular weight excluding hydrogens is 458 g/mol. The topological polar surface area (TPSA) is 150 Å². The SMILES string of the molecule is CCC(C(=O)NC1CCCCC1)N(C(=O)c1snc(C(N)=O)c1N)c1ccc(OC)cc1OC. The van der Waals surface area contributed by atoms with Gasteiger partial charge in [-0.25, -0.2) is 0 Å². The molecular formula is C23H31N5O5S. The summed E-state index contributed by atoms with van der Waals surface area (Å²) >= 11 is 0.768. The molecule has 0 bridgehead atoms. The van der Waals surface area contributed by atoms with Crippen molar-refractivity contribution in [1.29, 1.82) is 0 Å². The largest absolute Gasteiger partial charge is 0.497 e. The first-order valence-electron chi connectivity index (χ1n) is 11.2. The molecule has 1 aromatic heterocycles. The Bertz CT molecular complexity index is 1050. The number of ether oxygens (including phenoxy) is 2. The fourth-order valence-electron chi connectivity index (χ4n) is 4.17. The van der Waals surface area contributed by atoms with Crippen LogP contribution in [-0.2, 0) is 4.79 Å². The third-order valence-corrected chi connectivity index (χ3v) is 6.82. The van der Waals surface area contributed by atoms with Crippen molar-refractivity contribution in [3.63, 3.8) is 0 Å². The number of rotatable bonds is 9. The Morgan fingerprint density at radius 3 is 2.47 bits per heavy atom. The van der Waals surface area contributed by atoms with Crippen LogP contribution in [0.4, 0.5) is 11.4 Å². The van der Waals surface area contributed by atoms with Gasteiger partial charge in [0.15, 0.2) is 5.69 Å². The number of anilines is 2. The molecule has 1 atom stereocenters. The zero-order valence-corrected chi connectivity index (χ0v) is 20.4. The Balaban J connectivity index is 2.06. The number of methoxy groups -OCH3 is 2. The van der Waals surface area contributed by atoms with E-state index < -0.39 is 17.9 Å². The molecule has 1 fully saturated rings. The van der Waals surface area contributed by atoms with E-state index >= 15 is 0 Å². The minimum atomic E-state index is -0.852. The van der Waals surface area contributed by atoms with E-state index in [2.05, 4.69) is 9.69 Å². The molecule has 1 unspecified atom stereocenters. The minimum Gasteiger partial charge on any atom is -0.497 e. The van der Waals surface area contributed by atoms with Crippen LogP contribution < -0.4 is 31.2 Å². The fourth-order valence-corrected chi connectivity index (χ4v) is 4.91. The second-order valence-corrected chi connectivity index (χ2v) is 8.89. The van der Waals surface area contributed by atoms with Crippen molar-refractivity contribution in [2.45, 2.75) is 57.5 Å². The summed E-state index contributed by atoms with van der Waals surface area (Å²) in [7, 11) is 2.99. The Morgan fingerprint density at radius 1 is 1.21 bits per heavy atom. The molecule has 5 N–H and O–H groups in total. The number of hydrogen-bond donors (Lipinski definition) is 3. The molecule has 184 valence electrons. The molecule has 0 aliphatic heterocycles. The van der Waals surface area contributed by atoms with E-state index in [1.807, 2.05) is 6.92 Å². The highest BCUT2D eigenvalue weighted by Gasteiger charge is 2.36. The lowest BCUT2D eigenvalue weighted by atomic mass is 9.95. The van der Waals surface area contributed by atoms with Crippen LogP contribution in [0, 0.1) is 0 Å². The Kier molecular flexibility index (Phi) is 8.32. The molecule has 1 aliphatic rings. The number of aromatic nitrogens is 1. The summed E-state index contributed by atoms with van der Waals surface area (Å²) in [5.74, 6) is -0.797. The van der Waals surface area contributed by atoms with E-state index in [0.29, 0.717) is 23.6 Å². The van der Waals surface area contributed by atoms with E-state index in [-0.39, 0.29) is 28.2 Å². The second-order valence-electron chi connectivity index (χ2n) is 8.12. The first kappa shape index (κ1) is 25.3. The first-order chi connectivity index (χ1) is 16.3. The number of nitrogen functional groups attached to an aromatic ring is 1. The Hall–Kier alpha value is -3.34. The predicted molar refractivity (Wildman–Crippen MR) is 130 cm³/mol. The van der Waals surface area contributed by atoms with Crippen LogP contribution >= 0.6 is 11.5 Å². The van der Waals surface area contributed by atoms with E-state index in [4.69, 9.17) is 20.9 Å². The van der Waals surface area contributed by atoms with Gasteiger partial charge in [0.2, 0.25) is 5.91 Å². The quantitative estimate of drug-likeness (QED) is 0.490. The summed E-state index contributed by atoms with van der Waals surface area (Å²) < 4.78 is 14.8. The Morgan fingerprint density at radius 2 is 1.91 bits per heavy atom. The summed E-state index contributed by atoms with van der Waals surface area (Å²) in [5, 5.41) is 3.11. The van der Waals surface area contributed by atoms with Crippen LogP contribution in [0.1, 0.15) is 65.6 Å². The molecule has 10 nitrogen and oxygen atoms in total. The van der Waals surface area contributed by atoms with Gasteiger partial charge >= 0.3 is 0 Å². The second kappa shape index (κ2) is 11.2. The summed E-state index contributed by atoms with van der Waals surface area (Å²) in [5.41, 5.74) is 11.5. The molecule has 34 heavy (non-hydrogen) atoms. The number of nitrogens with one attached hydrogen (secondary N) is 1. The van der Waals surface area contributed by atoms with E-state index in [9.17, 15) is 14.4 Å². The van der Waals surface area contributed by atoms with Gasteiger partial charge in [0.05, 0.1) is 25.6 Å². The number of nitrogens with two attached hydrogens (primary N) is 2. The van der Waals surface area contributed by atoms with Gasteiger partial charge in [0.1, 0.15) is 22.4 Å². The van der Waals surface area contributed by atoms with Gasteiger partial charge in [-0.3, -0.25) is 19.3 Å². The zero-order valence-electron chi connectivity index (χ0n) is 19.6. The summed E-state index contributed by atoms with van der Waals surface area (Å²) in [6, 6.07) is 4.18. The van der Waals surface area contributed by atoms with Crippen LogP contribution in [-0.4, -0.2) is 48.4 Å². The summed E-state index contributed by atoms with van der Waals surface area (Å²) in [6.45, 7) is 1.83. The molecule has 2 aromatic rings. The average Bonchev–Trinajstić information content (AvgIpc) is 3.23. The lowest BCUT2D eigenvalue weighted by molar-refractivity contribution is -0.123. The lowest BCUT2D eigenvalue weighted by Gasteiger charge is -2.33. The molecule has 1 heterocycles. The van der Waals surface area contributed by atoms with Crippen LogP contribution in [0.5, 0.6) is 11.5 Å². The third kappa shape index (κ3) is 5.24. The highest BCUT2D eigenvalue weighted by atomic mass is 32.1. The Labute approximate surface area is 202 Å². The molecule has 0 radical (unpaired) electrons. The first-order valence-corrected chi connectivity index (χ1v) is 12.0. The monoisotopic (exact) mass is 489 g/mol. The molecule has 3 rings (SSSR count). The summed E-state index contributed by atoms with van der Waals surface area (Å²) in [4.78, 5) is 40.3. The van der Waals surface area contributed by atoms with Crippen LogP contribution in [0.3, 0.4) is 0 Å². The highest BCUT2D eigenvalue weighted by molar-refractivity contribution is 7.09. The van der Waals surface area contributed by atoms with Crippen LogP contribution in [0.15, 0.2) is 18.2 Å². The van der Waals surface area contributed by atoms with E-state index in [1.54, 1.807) is 18.2 Å². The summed E-state index contributed by atoms with van der Waals surface area (Å²) in [6.07, 6.45) is 5.43. The molecule has 1 aromatic carbocycles. The maximum atomic E-state index is 13.8.